The Labute approximate surface area is 142 Å². The van der Waals surface area contributed by atoms with E-state index in [0.29, 0.717) is 19.5 Å². The molecule has 2 heterocycles. The molecule has 1 amide bonds. The second kappa shape index (κ2) is 7.21. The predicted octanol–water partition coefficient (Wildman–Crippen LogP) is 3.68. The van der Waals surface area contributed by atoms with E-state index in [-0.39, 0.29) is 11.7 Å². The molecule has 1 aliphatic heterocycles. The Balaban J connectivity index is 1.61. The van der Waals surface area contributed by atoms with Crippen molar-refractivity contribution in [1.82, 2.24) is 14.1 Å². The number of hydrogen-bond acceptors (Lipinski definition) is 4. The summed E-state index contributed by atoms with van der Waals surface area (Å²) in [5.41, 5.74) is 1.95. The van der Waals surface area contributed by atoms with Crippen molar-refractivity contribution in [3.05, 3.63) is 41.7 Å². The number of fused-ring (bicyclic) bond motifs is 1. The fourth-order valence-electron chi connectivity index (χ4n) is 2.51. The van der Waals surface area contributed by atoms with E-state index in [1.807, 2.05) is 18.0 Å². The van der Waals surface area contributed by atoms with E-state index in [1.54, 1.807) is 16.2 Å². The van der Waals surface area contributed by atoms with E-state index >= 15 is 0 Å². The van der Waals surface area contributed by atoms with Crippen molar-refractivity contribution >= 4 is 17.9 Å². The van der Waals surface area contributed by atoms with Crippen LogP contribution in [0.15, 0.2) is 35.4 Å². The molecule has 0 unspecified atom stereocenters. The number of benzene rings is 1. The first-order chi connectivity index (χ1) is 11.5. The van der Waals surface area contributed by atoms with Gasteiger partial charge in [0.05, 0.1) is 12.2 Å². The Morgan fingerprint density at radius 1 is 1.33 bits per heavy atom. The van der Waals surface area contributed by atoms with Gasteiger partial charge in [0.25, 0.3) is 0 Å². The van der Waals surface area contributed by atoms with Crippen LogP contribution in [0.4, 0.5) is 8.78 Å². The minimum Gasteiger partial charge on any atom is -0.435 e. The second-order valence-corrected chi connectivity index (χ2v) is 6.47. The van der Waals surface area contributed by atoms with Crippen molar-refractivity contribution in [3.8, 4) is 5.75 Å². The SMILES string of the molecule is CCCC(=O)N1Cc2cn(Sc3ccc(OC(F)F)cc3)nc2C1. The number of nitrogens with zero attached hydrogens (tertiary/aromatic N) is 3. The van der Waals surface area contributed by atoms with Crippen LogP contribution in [0, 0.1) is 0 Å². The van der Waals surface area contributed by atoms with Crippen molar-refractivity contribution in [1.29, 1.82) is 0 Å². The minimum absolute atomic E-state index is 0.127. The average Bonchev–Trinajstić information content (AvgIpc) is 3.07. The lowest BCUT2D eigenvalue weighted by atomic mass is 10.3. The van der Waals surface area contributed by atoms with E-state index in [9.17, 15) is 13.6 Å². The Hall–Kier alpha value is -2.09. The number of carbonyl (C=O) groups excluding carboxylic acids is 1. The molecule has 0 radical (unpaired) electrons. The van der Waals surface area contributed by atoms with Gasteiger partial charge in [0, 0.05) is 41.6 Å². The molecule has 0 saturated heterocycles. The van der Waals surface area contributed by atoms with Gasteiger partial charge in [-0.1, -0.05) is 6.92 Å². The number of ether oxygens (including phenoxy) is 1. The van der Waals surface area contributed by atoms with E-state index in [2.05, 4.69) is 9.84 Å². The number of halogens is 2. The minimum atomic E-state index is -2.82. The lowest BCUT2D eigenvalue weighted by Gasteiger charge is -2.14. The van der Waals surface area contributed by atoms with Gasteiger partial charge in [-0.2, -0.15) is 13.9 Å². The molecule has 0 N–H and O–H groups in total. The van der Waals surface area contributed by atoms with Crippen molar-refractivity contribution in [2.45, 2.75) is 44.4 Å². The number of alkyl halides is 2. The molecule has 2 aromatic rings. The molecule has 0 saturated carbocycles. The molecule has 5 nitrogen and oxygen atoms in total. The summed E-state index contributed by atoms with van der Waals surface area (Å²) in [5.74, 6) is 0.284. The van der Waals surface area contributed by atoms with Crippen molar-refractivity contribution in [2.24, 2.45) is 0 Å². The van der Waals surface area contributed by atoms with Gasteiger partial charge < -0.3 is 9.64 Å². The third-order valence-electron chi connectivity index (χ3n) is 3.62. The molecule has 24 heavy (non-hydrogen) atoms. The van der Waals surface area contributed by atoms with E-state index in [0.717, 1.165) is 22.6 Å². The van der Waals surface area contributed by atoms with E-state index < -0.39 is 6.61 Å². The first-order valence-electron chi connectivity index (χ1n) is 7.63. The Kier molecular flexibility index (Phi) is 5.03. The molecular formula is C16H17F2N3O2S. The van der Waals surface area contributed by atoms with E-state index in [4.69, 9.17) is 0 Å². The highest BCUT2D eigenvalue weighted by atomic mass is 32.2. The molecule has 8 heteroatoms. The lowest BCUT2D eigenvalue weighted by molar-refractivity contribution is -0.131. The van der Waals surface area contributed by atoms with Gasteiger partial charge in [-0.15, -0.1) is 0 Å². The molecule has 1 aromatic carbocycles. The number of rotatable bonds is 6. The predicted molar refractivity (Wildman–Crippen MR) is 85.7 cm³/mol. The summed E-state index contributed by atoms with van der Waals surface area (Å²) in [6, 6.07) is 6.40. The number of amides is 1. The molecule has 0 aliphatic carbocycles. The van der Waals surface area contributed by atoms with Gasteiger partial charge in [-0.3, -0.25) is 4.79 Å². The molecule has 3 rings (SSSR count). The van der Waals surface area contributed by atoms with Crippen LogP contribution in [0.3, 0.4) is 0 Å². The largest absolute Gasteiger partial charge is 0.435 e. The Morgan fingerprint density at radius 3 is 2.71 bits per heavy atom. The van der Waals surface area contributed by atoms with Crippen LogP contribution < -0.4 is 4.74 Å². The van der Waals surface area contributed by atoms with Crippen molar-refractivity contribution in [3.63, 3.8) is 0 Å². The van der Waals surface area contributed by atoms with Crippen molar-refractivity contribution < 1.29 is 18.3 Å². The maximum Gasteiger partial charge on any atom is 0.387 e. The normalized spacial score (nSPS) is 13.4. The van der Waals surface area contributed by atoms with Crippen LogP contribution in [0.2, 0.25) is 0 Å². The van der Waals surface area contributed by atoms with Gasteiger partial charge in [0.2, 0.25) is 5.91 Å². The first-order valence-corrected chi connectivity index (χ1v) is 8.41. The average molecular weight is 353 g/mol. The fourth-order valence-corrected chi connectivity index (χ4v) is 3.31. The lowest BCUT2D eigenvalue weighted by Crippen LogP contribution is -2.25. The standard InChI is InChI=1S/C16H17F2N3O2S/c1-2-3-15(22)20-8-11-9-21(19-14(11)10-20)24-13-6-4-12(5-7-13)23-16(17)18/h4-7,9,16H,2-3,8,10H2,1H3. The summed E-state index contributed by atoms with van der Waals surface area (Å²) in [6.07, 6.45) is 3.31. The molecule has 0 atom stereocenters. The fraction of sp³-hybridized carbons (Fsp3) is 0.375. The summed E-state index contributed by atoms with van der Waals surface area (Å²) in [5, 5.41) is 4.48. The molecule has 0 spiro atoms. The van der Waals surface area contributed by atoms with Crippen LogP contribution in [0.5, 0.6) is 5.75 Å². The summed E-state index contributed by atoms with van der Waals surface area (Å²) in [6.45, 7) is 0.302. The van der Waals surface area contributed by atoms with Gasteiger partial charge in [-0.25, -0.2) is 4.09 Å². The monoisotopic (exact) mass is 353 g/mol. The third kappa shape index (κ3) is 3.87. The highest BCUT2D eigenvalue weighted by Gasteiger charge is 2.25. The molecular weight excluding hydrogens is 336 g/mol. The van der Waals surface area contributed by atoms with Crippen LogP contribution in [0.25, 0.3) is 0 Å². The van der Waals surface area contributed by atoms with Crippen LogP contribution in [0.1, 0.15) is 31.0 Å². The maximum absolute atomic E-state index is 12.1. The van der Waals surface area contributed by atoms with E-state index in [1.165, 1.54) is 24.1 Å². The summed E-state index contributed by atoms with van der Waals surface area (Å²) >= 11 is 1.38. The van der Waals surface area contributed by atoms with Crippen molar-refractivity contribution in [2.75, 3.05) is 0 Å². The molecule has 1 aliphatic rings. The number of carbonyl (C=O) groups is 1. The zero-order valence-electron chi connectivity index (χ0n) is 13.1. The molecule has 128 valence electrons. The summed E-state index contributed by atoms with van der Waals surface area (Å²) in [7, 11) is 0. The zero-order chi connectivity index (χ0) is 17.1. The zero-order valence-corrected chi connectivity index (χ0v) is 13.9. The first kappa shape index (κ1) is 16.8. The Bertz CT molecular complexity index is 695. The highest BCUT2D eigenvalue weighted by molar-refractivity contribution is 7.97. The quantitative estimate of drug-likeness (QED) is 0.795. The topological polar surface area (TPSA) is 47.4 Å². The number of hydrogen-bond donors (Lipinski definition) is 0. The summed E-state index contributed by atoms with van der Waals surface area (Å²) < 4.78 is 30.3. The molecule has 0 bridgehead atoms. The van der Waals surface area contributed by atoms with Gasteiger partial charge >= 0.3 is 6.61 Å². The smallest absolute Gasteiger partial charge is 0.387 e. The second-order valence-electron chi connectivity index (χ2n) is 5.44. The van der Waals surface area contributed by atoms with Gasteiger partial charge in [-0.05, 0) is 30.7 Å². The third-order valence-corrected chi connectivity index (χ3v) is 4.48. The highest BCUT2D eigenvalue weighted by Crippen LogP contribution is 2.28. The molecule has 1 aromatic heterocycles. The van der Waals surface area contributed by atoms with Gasteiger partial charge in [0.1, 0.15) is 5.75 Å². The van der Waals surface area contributed by atoms with Crippen LogP contribution in [-0.4, -0.2) is 26.6 Å². The maximum atomic E-state index is 12.1. The summed E-state index contributed by atoms with van der Waals surface area (Å²) in [4.78, 5) is 14.6. The number of aromatic nitrogens is 2. The van der Waals surface area contributed by atoms with Gasteiger partial charge in [0.15, 0.2) is 0 Å². The Morgan fingerprint density at radius 2 is 2.08 bits per heavy atom. The molecule has 0 fully saturated rings. The van der Waals surface area contributed by atoms with Crippen LogP contribution >= 0.6 is 11.9 Å². The van der Waals surface area contributed by atoms with Crippen LogP contribution in [-0.2, 0) is 17.9 Å².